The first-order valence-corrected chi connectivity index (χ1v) is 8.06. The van der Waals surface area contributed by atoms with Crippen LogP contribution in [0.3, 0.4) is 0 Å². The molecule has 0 aromatic heterocycles. The molecule has 0 saturated carbocycles. The van der Waals surface area contributed by atoms with Crippen molar-refractivity contribution in [2.24, 2.45) is 5.92 Å². The highest BCUT2D eigenvalue weighted by Gasteiger charge is 2.35. The zero-order chi connectivity index (χ0) is 15.2. The second-order valence-corrected chi connectivity index (χ2v) is 6.26. The SMILES string of the molecule is CCCNC(=O)CN(C)C(=O)CN1C[C@@H]2CCCN[C@@H]2C1. The molecule has 2 aliphatic rings. The van der Waals surface area contributed by atoms with E-state index in [1.807, 2.05) is 6.92 Å². The molecule has 0 aromatic carbocycles. The Morgan fingerprint density at radius 3 is 2.90 bits per heavy atom. The van der Waals surface area contributed by atoms with Gasteiger partial charge in [0.15, 0.2) is 0 Å². The Morgan fingerprint density at radius 2 is 2.19 bits per heavy atom. The molecule has 0 bridgehead atoms. The number of carbonyl (C=O) groups excluding carboxylic acids is 2. The highest BCUT2D eigenvalue weighted by Crippen LogP contribution is 2.24. The molecule has 21 heavy (non-hydrogen) atoms. The summed E-state index contributed by atoms with van der Waals surface area (Å²) in [5.74, 6) is 0.634. The number of fused-ring (bicyclic) bond motifs is 1. The molecule has 120 valence electrons. The molecule has 2 heterocycles. The third kappa shape index (κ3) is 4.68. The summed E-state index contributed by atoms with van der Waals surface area (Å²) >= 11 is 0. The standard InChI is InChI=1S/C15H28N4O2/c1-3-6-17-14(20)10-18(2)15(21)11-19-8-12-5-4-7-16-13(12)9-19/h12-13,16H,3-11H2,1-2H3,(H,17,20)/t12-,13+/m0/s1. The Balaban J connectivity index is 1.72. The Morgan fingerprint density at radius 1 is 1.38 bits per heavy atom. The second-order valence-electron chi connectivity index (χ2n) is 6.26. The average Bonchev–Trinajstić information content (AvgIpc) is 2.87. The largest absolute Gasteiger partial charge is 0.355 e. The lowest BCUT2D eigenvalue weighted by Gasteiger charge is -2.24. The molecule has 2 atom stereocenters. The lowest BCUT2D eigenvalue weighted by atomic mass is 9.94. The van der Waals surface area contributed by atoms with Gasteiger partial charge in [-0.05, 0) is 31.7 Å². The first kappa shape index (κ1) is 16.2. The molecule has 0 unspecified atom stereocenters. The van der Waals surface area contributed by atoms with E-state index in [1.165, 1.54) is 17.7 Å². The fourth-order valence-corrected chi connectivity index (χ4v) is 3.20. The van der Waals surface area contributed by atoms with Crippen molar-refractivity contribution in [2.45, 2.75) is 32.2 Å². The number of likely N-dealkylation sites (tertiary alicyclic amines) is 1. The van der Waals surface area contributed by atoms with E-state index in [0.29, 0.717) is 25.0 Å². The van der Waals surface area contributed by atoms with Gasteiger partial charge < -0.3 is 15.5 Å². The van der Waals surface area contributed by atoms with Crippen molar-refractivity contribution in [2.75, 3.05) is 46.3 Å². The molecule has 2 rings (SSSR count). The Labute approximate surface area is 127 Å². The Bertz CT molecular complexity index is 361. The summed E-state index contributed by atoms with van der Waals surface area (Å²) in [5.41, 5.74) is 0. The van der Waals surface area contributed by atoms with Crippen LogP contribution in [0.2, 0.25) is 0 Å². The number of hydrogen-bond acceptors (Lipinski definition) is 4. The molecule has 0 aliphatic carbocycles. The predicted octanol–water partition coefficient (Wildman–Crippen LogP) is -0.345. The van der Waals surface area contributed by atoms with Gasteiger partial charge in [0.2, 0.25) is 11.8 Å². The van der Waals surface area contributed by atoms with Crippen LogP contribution in [0, 0.1) is 5.92 Å². The molecule has 6 heteroatoms. The smallest absolute Gasteiger partial charge is 0.239 e. The average molecular weight is 296 g/mol. The summed E-state index contributed by atoms with van der Waals surface area (Å²) in [7, 11) is 1.70. The van der Waals surface area contributed by atoms with Crippen molar-refractivity contribution < 1.29 is 9.59 Å². The van der Waals surface area contributed by atoms with Gasteiger partial charge in [-0.1, -0.05) is 6.92 Å². The first-order valence-electron chi connectivity index (χ1n) is 8.06. The number of nitrogens with zero attached hydrogens (tertiary/aromatic N) is 2. The van der Waals surface area contributed by atoms with Gasteiger partial charge in [0, 0.05) is 32.7 Å². The number of likely N-dealkylation sites (N-methyl/N-ethyl adjacent to an activating group) is 1. The molecule has 6 nitrogen and oxygen atoms in total. The first-order chi connectivity index (χ1) is 10.1. The summed E-state index contributed by atoms with van der Waals surface area (Å²) in [6, 6.07) is 0.546. The van der Waals surface area contributed by atoms with Crippen LogP contribution in [0.15, 0.2) is 0 Å². The van der Waals surface area contributed by atoms with Crippen LogP contribution < -0.4 is 10.6 Å². The maximum Gasteiger partial charge on any atom is 0.239 e. The molecule has 2 N–H and O–H groups in total. The quantitative estimate of drug-likeness (QED) is 0.703. The van der Waals surface area contributed by atoms with Gasteiger partial charge in [0.25, 0.3) is 0 Å². The summed E-state index contributed by atoms with van der Waals surface area (Å²) in [4.78, 5) is 27.6. The number of nitrogens with one attached hydrogen (secondary N) is 2. The summed E-state index contributed by atoms with van der Waals surface area (Å²) in [6.45, 7) is 6.30. The van der Waals surface area contributed by atoms with Crippen molar-refractivity contribution in [3.8, 4) is 0 Å². The Kier molecular flexibility index (Phi) is 5.99. The lowest BCUT2D eigenvalue weighted by Crippen LogP contribution is -2.43. The molecule has 2 aliphatic heterocycles. The highest BCUT2D eigenvalue weighted by atomic mass is 16.2. The number of rotatable bonds is 6. The minimum Gasteiger partial charge on any atom is -0.355 e. The van der Waals surface area contributed by atoms with Gasteiger partial charge in [-0.2, -0.15) is 0 Å². The van der Waals surface area contributed by atoms with Gasteiger partial charge >= 0.3 is 0 Å². The Hall–Kier alpha value is -1.14. The van der Waals surface area contributed by atoms with Gasteiger partial charge in [0.05, 0.1) is 13.1 Å². The van der Waals surface area contributed by atoms with E-state index in [9.17, 15) is 9.59 Å². The van der Waals surface area contributed by atoms with Crippen LogP contribution in [0.25, 0.3) is 0 Å². The maximum atomic E-state index is 12.2. The van der Waals surface area contributed by atoms with Crippen molar-refractivity contribution in [3.05, 3.63) is 0 Å². The zero-order valence-electron chi connectivity index (χ0n) is 13.2. The van der Waals surface area contributed by atoms with E-state index in [0.717, 1.165) is 26.1 Å². The molecule has 0 spiro atoms. The van der Waals surface area contributed by atoms with E-state index in [-0.39, 0.29) is 18.4 Å². The molecule has 2 saturated heterocycles. The van der Waals surface area contributed by atoms with Gasteiger partial charge in [-0.25, -0.2) is 0 Å². The normalized spacial score (nSPS) is 25.4. The van der Waals surface area contributed by atoms with Crippen molar-refractivity contribution in [1.82, 2.24) is 20.4 Å². The maximum absolute atomic E-state index is 12.2. The van der Waals surface area contributed by atoms with Crippen LogP contribution in [0.5, 0.6) is 0 Å². The fraction of sp³-hybridized carbons (Fsp3) is 0.867. The van der Waals surface area contributed by atoms with Crippen LogP contribution in [-0.4, -0.2) is 74.0 Å². The van der Waals surface area contributed by atoms with Crippen LogP contribution in [0.4, 0.5) is 0 Å². The van der Waals surface area contributed by atoms with E-state index in [2.05, 4.69) is 15.5 Å². The highest BCUT2D eigenvalue weighted by molar-refractivity contribution is 5.85. The predicted molar refractivity (Wildman–Crippen MR) is 81.9 cm³/mol. The molecular formula is C15H28N4O2. The molecule has 0 radical (unpaired) electrons. The van der Waals surface area contributed by atoms with Gasteiger partial charge in [0.1, 0.15) is 0 Å². The lowest BCUT2D eigenvalue weighted by molar-refractivity contribution is -0.135. The number of hydrogen-bond donors (Lipinski definition) is 2. The van der Waals surface area contributed by atoms with Crippen molar-refractivity contribution in [3.63, 3.8) is 0 Å². The van der Waals surface area contributed by atoms with E-state index in [4.69, 9.17) is 0 Å². The topological polar surface area (TPSA) is 64.7 Å². The zero-order valence-corrected chi connectivity index (χ0v) is 13.2. The molecule has 2 amide bonds. The van der Waals surface area contributed by atoms with Crippen LogP contribution in [-0.2, 0) is 9.59 Å². The summed E-state index contributed by atoms with van der Waals surface area (Å²) in [5, 5.41) is 6.33. The molecular weight excluding hydrogens is 268 g/mol. The minimum absolute atomic E-state index is 0.0281. The van der Waals surface area contributed by atoms with E-state index in [1.54, 1.807) is 7.05 Å². The van der Waals surface area contributed by atoms with Crippen LogP contribution in [0.1, 0.15) is 26.2 Å². The number of amides is 2. The number of carbonyl (C=O) groups is 2. The summed E-state index contributed by atoms with van der Waals surface area (Å²) in [6.07, 6.45) is 3.41. The third-order valence-electron chi connectivity index (χ3n) is 4.41. The molecule has 2 fully saturated rings. The summed E-state index contributed by atoms with van der Waals surface area (Å²) < 4.78 is 0. The van der Waals surface area contributed by atoms with Gasteiger partial charge in [-0.3, -0.25) is 14.5 Å². The second kappa shape index (κ2) is 7.75. The minimum atomic E-state index is -0.0792. The van der Waals surface area contributed by atoms with Gasteiger partial charge in [-0.15, -0.1) is 0 Å². The third-order valence-corrected chi connectivity index (χ3v) is 4.41. The monoisotopic (exact) mass is 296 g/mol. The van der Waals surface area contributed by atoms with E-state index < -0.39 is 0 Å². The van der Waals surface area contributed by atoms with Crippen molar-refractivity contribution in [1.29, 1.82) is 0 Å². The molecule has 0 aromatic rings. The van der Waals surface area contributed by atoms with Crippen LogP contribution >= 0.6 is 0 Å². The fourth-order valence-electron chi connectivity index (χ4n) is 3.20. The number of piperidine rings is 1. The van der Waals surface area contributed by atoms with Crippen molar-refractivity contribution >= 4 is 11.8 Å². The van der Waals surface area contributed by atoms with E-state index >= 15 is 0 Å².